The normalized spacial score (nSPS) is 9.40. The predicted molar refractivity (Wildman–Crippen MR) is 72.4 cm³/mol. The van der Waals surface area contributed by atoms with Gasteiger partial charge in [-0.2, -0.15) is 0 Å². The van der Waals surface area contributed by atoms with Crippen LogP contribution >= 0.6 is 17.0 Å². The van der Waals surface area contributed by atoms with E-state index in [0.717, 1.165) is 19.6 Å². The molecule has 1 aromatic rings. The number of rotatable bonds is 6. The first-order valence-electron chi connectivity index (χ1n) is 4.85. The van der Waals surface area contributed by atoms with Gasteiger partial charge in [0.15, 0.2) is 0 Å². The average Bonchev–Trinajstić information content (AvgIpc) is 2.20. The summed E-state index contributed by atoms with van der Waals surface area (Å²) < 4.78 is 0. The monoisotopic (exact) mass is 267 g/mol. The molecule has 0 amide bonds. The van der Waals surface area contributed by atoms with Crippen molar-refractivity contribution < 1.29 is 0 Å². The van der Waals surface area contributed by atoms with Gasteiger partial charge in [0.05, 0.1) is 0 Å². The highest BCUT2D eigenvalue weighted by Crippen LogP contribution is 2.03. The van der Waals surface area contributed by atoms with Crippen LogP contribution in [0.3, 0.4) is 0 Å². The molecule has 0 saturated heterocycles. The number of hydrogen-bond donors (Lipinski definition) is 0. The summed E-state index contributed by atoms with van der Waals surface area (Å²) in [4.78, 5) is 2.29. The molecule has 1 nitrogen and oxygen atoms in total. The molecule has 0 aliphatic rings. The van der Waals surface area contributed by atoms with Crippen molar-refractivity contribution in [3.8, 4) is 0 Å². The highest BCUT2D eigenvalue weighted by molar-refractivity contribution is 8.93. The Bertz CT molecular complexity index is 272. The van der Waals surface area contributed by atoms with Crippen molar-refractivity contribution in [2.24, 2.45) is 0 Å². The molecule has 0 heterocycles. The largest absolute Gasteiger partial charge is 0.292 e. The van der Waals surface area contributed by atoms with E-state index in [2.05, 4.69) is 42.3 Å². The highest BCUT2D eigenvalue weighted by Gasteiger charge is 2.00. The quantitative estimate of drug-likeness (QED) is 0.714. The molecule has 0 radical (unpaired) electrons. The van der Waals surface area contributed by atoms with Crippen LogP contribution in [-0.4, -0.2) is 18.0 Å². The minimum absolute atomic E-state index is 0. The van der Waals surface area contributed by atoms with Gasteiger partial charge < -0.3 is 0 Å². The minimum atomic E-state index is 0. The van der Waals surface area contributed by atoms with Gasteiger partial charge in [0.25, 0.3) is 0 Å². The summed E-state index contributed by atoms with van der Waals surface area (Å²) in [5.41, 5.74) is 1.33. The summed E-state index contributed by atoms with van der Waals surface area (Å²) in [7, 11) is 0. The molecule has 0 aromatic heterocycles. The van der Waals surface area contributed by atoms with Crippen LogP contribution in [0.4, 0.5) is 0 Å². The Morgan fingerprint density at radius 2 is 1.53 bits per heavy atom. The summed E-state index contributed by atoms with van der Waals surface area (Å²) >= 11 is 0. The van der Waals surface area contributed by atoms with Crippen LogP contribution in [0.25, 0.3) is 0 Å². The lowest BCUT2D eigenvalue weighted by Crippen LogP contribution is -2.23. The van der Waals surface area contributed by atoms with Gasteiger partial charge >= 0.3 is 0 Å². The zero-order chi connectivity index (χ0) is 10.2. The van der Waals surface area contributed by atoms with Crippen molar-refractivity contribution in [3.63, 3.8) is 0 Å². The Kier molecular flexibility index (Phi) is 7.96. The topological polar surface area (TPSA) is 3.24 Å². The summed E-state index contributed by atoms with van der Waals surface area (Å²) in [6.45, 7) is 10.3. The Labute approximate surface area is 103 Å². The molecular formula is C13H18BrN. The standard InChI is InChI=1S/C13H17N.BrH/c1-3-10-14(11-4-2)12-13-8-6-5-7-9-13;/h3-9H,1-2,10-12H2;1H. The molecule has 0 saturated carbocycles. The van der Waals surface area contributed by atoms with E-state index in [9.17, 15) is 0 Å². The zero-order valence-electron chi connectivity index (χ0n) is 8.93. The summed E-state index contributed by atoms with van der Waals surface area (Å²) in [6.07, 6.45) is 3.85. The second kappa shape index (κ2) is 8.45. The van der Waals surface area contributed by atoms with Gasteiger partial charge in [0.2, 0.25) is 0 Å². The van der Waals surface area contributed by atoms with Gasteiger partial charge in [-0.05, 0) is 5.56 Å². The van der Waals surface area contributed by atoms with Gasteiger partial charge in [-0.15, -0.1) is 30.1 Å². The van der Waals surface area contributed by atoms with Crippen LogP contribution in [0.15, 0.2) is 55.6 Å². The van der Waals surface area contributed by atoms with E-state index in [1.807, 2.05) is 18.2 Å². The minimum Gasteiger partial charge on any atom is -0.292 e. The predicted octanol–water partition coefficient (Wildman–Crippen LogP) is 3.44. The van der Waals surface area contributed by atoms with Crippen molar-refractivity contribution in [1.82, 2.24) is 4.90 Å². The zero-order valence-corrected chi connectivity index (χ0v) is 10.6. The van der Waals surface area contributed by atoms with E-state index in [-0.39, 0.29) is 17.0 Å². The fourth-order valence-corrected chi connectivity index (χ4v) is 1.41. The third-order valence-corrected chi connectivity index (χ3v) is 2.02. The lowest BCUT2D eigenvalue weighted by Gasteiger charge is -2.18. The number of benzene rings is 1. The Balaban J connectivity index is 0.00000196. The maximum absolute atomic E-state index is 3.75. The van der Waals surface area contributed by atoms with Gasteiger partial charge in [0.1, 0.15) is 0 Å². The number of nitrogens with zero attached hydrogens (tertiary/aromatic N) is 1. The number of hydrogen-bond acceptors (Lipinski definition) is 1. The van der Waals surface area contributed by atoms with Gasteiger partial charge in [0, 0.05) is 19.6 Å². The number of halogens is 1. The first kappa shape index (κ1) is 14.1. The molecule has 0 N–H and O–H groups in total. The average molecular weight is 268 g/mol. The molecular weight excluding hydrogens is 250 g/mol. The SMILES string of the molecule is Br.C=CCN(CC=C)Cc1ccccc1. The first-order valence-corrected chi connectivity index (χ1v) is 4.85. The molecule has 2 heteroatoms. The molecule has 82 valence electrons. The van der Waals surface area contributed by atoms with Gasteiger partial charge in [-0.3, -0.25) is 4.90 Å². The lowest BCUT2D eigenvalue weighted by molar-refractivity contribution is 0.328. The Morgan fingerprint density at radius 3 is 2.00 bits per heavy atom. The third kappa shape index (κ3) is 5.55. The Morgan fingerprint density at radius 1 is 1.00 bits per heavy atom. The van der Waals surface area contributed by atoms with E-state index >= 15 is 0 Å². The fraction of sp³-hybridized carbons (Fsp3) is 0.231. The molecule has 15 heavy (non-hydrogen) atoms. The highest BCUT2D eigenvalue weighted by atomic mass is 79.9. The molecule has 0 aliphatic heterocycles. The molecule has 0 aliphatic carbocycles. The molecule has 0 spiro atoms. The van der Waals surface area contributed by atoms with Crippen molar-refractivity contribution in [2.75, 3.05) is 13.1 Å². The van der Waals surface area contributed by atoms with Crippen molar-refractivity contribution >= 4 is 17.0 Å². The summed E-state index contributed by atoms with van der Waals surface area (Å²) in [5, 5.41) is 0. The molecule has 1 rings (SSSR count). The molecule has 1 aromatic carbocycles. The summed E-state index contributed by atoms with van der Waals surface area (Å²) in [5.74, 6) is 0. The first-order chi connectivity index (χ1) is 6.86. The third-order valence-electron chi connectivity index (χ3n) is 2.02. The van der Waals surface area contributed by atoms with Crippen LogP contribution in [-0.2, 0) is 6.54 Å². The lowest BCUT2D eigenvalue weighted by atomic mass is 10.2. The van der Waals surface area contributed by atoms with E-state index in [0.29, 0.717) is 0 Å². The van der Waals surface area contributed by atoms with Crippen LogP contribution in [0, 0.1) is 0 Å². The van der Waals surface area contributed by atoms with E-state index in [4.69, 9.17) is 0 Å². The maximum atomic E-state index is 3.75. The maximum Gasteiger partial charge on any atom is 0.0240 e. The van der Waals surface area contributed by atoms with Crippen LogP contribution in [0.1, 0.15) is 5.56 Å². The van der Waals surface area contributed by atoms with Crippen LogP contribution in [0.5, 0.6) is 0 Å². The van der Waals surface area contributed by atoms with E-state index in [1.54, 1.807) is 0 Å². The molecule has 0 unspecified atom stereocenters. The smallest absolute Gasteiger partial charge is 0.0240 e. The second-order valence-corrected chi connectivity index (χ2v) is 3.26. The Hall–Kier alpha value is -0.860. The second-order valence-electron chi connectivity index (χ2n) is 3.26. The van der Waals surface area contributed by atoms with Gasteiger partial charge in [-0.1, -0.05) is 42.5 Å². The van der Waals surface area contributed by atoms with E-state index in [1.165, 1.54) is 5.56 Å². The van der Waals surface area contributed by atoms with Crippen LogP contribution < -0.4 is 0 Å². The van der Waals surface area contributed by atoms with Crippen molar-refractivity contribution in [3.05, 3.63) is 61.2 Å². The molecule has 0 bridgehead atoms. The van der Waals surface area contributed by atoms with Crippen molar-refractivity contribution in [2.45, 2.75) is 6.54 Å². The van der Waals surface area contributed by atoms with Crippen LogP contribution in [0.2, 0.25) is 0 Å². The summed E-state index contributed by atoms with van der Waals surface area (Å²) in [6, 6.07) is 10.4. The van der Waals surface area contributed by atoms with Crippen molar-refractivity contribution in [1.29, 1.82) is 0 Å². The molecule has 0 atom stereocenters. The van der Waals surface area contributed by atoms with Gasteiger partial charge in [-0.25, -0.2) is 0 Å². The fourth-order valence-electron chi connectivity index (χ4n) is 1.41. The van der Waals surface area contributed by atoms with E-state index < -0.39 is 0 Å². The molecule has 0 fully saturated rings.